The third-order valence-corrected chi connectivity index (χ3v) is 6.46. The highest BCUT2D eigenvalue weighted by molar-refractivity contribution is 5.07. The van der Waals surface area contributed by atoms with Crippen LogP contribution >= 0.6 is 0 Å². The van der Waals surface area contributed by atoms with Crippen LogP contribution in [0.4, 0.5) is 0 Å². The smallest absolute Gasteiger partial charge is 0.0618 e. The molecule has 1 saturated carbocycles. The molecule has 1 aliphatic carbocycles. The molecule has 0 unspecified atom stereocenters. The number of hydrogen-bond acceptors (Lipinski definition) is 4. The number of likely N-dealkylation sites (tertiary alicyclic amines) is 2. The van der Waals surface area contributed by atoms with Crippen LogP contribution in [0.2, 0.25) is 0 Å². The van der Waals surface area contributed by atoms with Gasteiger partial charge in [0, 0.05) is 63.7 Å². The van der Waals surface area contributed by atoms with Crippen LogP contribution in [0.1, 0.15) is 44.1 Å². The predicted molar refractivity (Wildman–Crippen MR) is 94.8 cm³/mol. The van der Waals surface area contributed by atoms with Crippen LogP contribution in [0.5, 0.6) is 0 Å². The molecule has 1 aromatic heterocycles. The molecule has 0 N–H and O–H groups in total. The fraction of sp³-hybridized carbons (Fsp3) is 0.842. The molecule has 24 heavy (non-hydrogen) atoms. The Morgan fingerprint density at radius 3 is 2.62 bits per heavy atom. The molecule has 1 spiro atoms. The lowest BCUT2D eigenvalue weighted by Crippen LogP contribution is -2.55. The molecule has 2 saturated heterocycles. The van der Waals surface area contributed by atoms with E-state index >= 15 is 0 Å². The van der Waals surface area contributed by atoms with Gasteiger partial charge in [0.15, 0.2) is 0 Å². The molecular weight excluding hydrogens is 300 g/mol. The summed E-state index contributed by atoms with van der Waals surface area (Å²) in [5.41, 5.74) is 1.80. The second kappa shape index (κ2) is 6.77. The first kappa shape index (κ1) is 16.6. The van der Waals surface area contributed by atoms with E-state index in [1.807, 2.05) is 25.0 Å². The van der Waals surface area contributed by atoms with Gasteiger partial charge in [-0.15, -0.1) is 0 Å². The number of hydrogen-bond donors (Lipinski definition) is 0. The largest absolute Gasteiger partial charge is 0.383 e. The summed E-state index contributed by atoms with van der Waals surface area (Å²) in [6.07, 6.45) is 12.4. The van der Waals surface area contributed by atoms with Crippen LogP contribution in [0, 0.1) is 5.92 Å². The van der Waals surface area contributed by atoms with Crippen molar-refractivity contribution < 1.29 is 4.74 Å². The monoisotopic (exact) mass is 332 g/mol. The number of nitrogens with zero attached hydrogens (tertiary/aromatic N) is 4. The molecule has 0 bridgehead atoms. The highest BCUT2D eigenvalue weighted by Crippen LogP contribution is 2.44. The van der Waals surface area contributed by atoms with Gasteiger partial charge in [-0.25, -0.2) is 0 Å². The van der Waals surface area contributed by atoms with Gasteiger partial charge in [0.25, 0.3) is 0 Å². The minimum absolute atomic E-state index is 0.456. The van der Waals surface area contributed by atoms with Gasteiger partial charge in [-0.3, -0.25) is 14.5 Å². The zero-order valence-corrected chi connectivity index (χ0v) is 15.3. The van der Waals surface area contributed by atoms with Crippen molar-refractivity contribution in [3.05, 3.63) is 18.0 Å². The fourth-order valence-electron chi connectivity index (χ4n) is 4.89. The number of piperidine rings is 1. The molecule has 5 heteroatoms. The van der Waals surface area contributed by atoms with Crippen LogP contribution in [0.3, 0.4) is 0 Å². The minimum atomic E-state index is 0.456. The molecule has 0 radical (unpaired) electrons. The second-order valence-corrected chi connectivity index (χ2v) is 8.27. The van der Waals surface area contributed by atoms with Crippen LogP contribution < -0.4 is 0 Å². The van der Waals surface area contributed by atoms with E-state index in [0.29, 0.717) is 11.6 Å². The molecular formula is C19H32N4O. The SMILES string of the molecule is COC[C@H]1CCC2(CCN(Cc3cnn(C)c3)CC2)N1CC1CC1. The van der Waals surface area contributed by atoms with Crippen LogP contribution in [0.15, 0.2) is 12.4 Å². The Labute approximate surface area is 145 Å². The summed E-state index contributed by atoms with van der Waals surface area (Å²) in [5.74, 6) is 0.966. The summed E-state index contributed by atoms with van der Waals surface area (Å²) in [7, 11) is 3.86. The number of methoxy groups -OCH3 is 1. The molecule has 4 rings (SSSR count). The normalized spacial score (nSPS) is 28.0. The third-order valence-electron chi connectivity index (χ3n) is 6.46. The lowest BCUT2D eigenvalue weighted by molar-refractivity contribution is 0.00665. The molecule has 0 aromatic carbocycles. The Hall–Kier alpha value is -0.910. The number of aryl methyl sites for hydroxylation is 1. The van der Waals surface area contributed by atoms with Gasteiger partial charge >= 0.3 is 0 Å². The van der Waals surface area contributed by atoms with Gasteiger partial charge in [-0.05, 0) is 44.4 Å². The van der Waals surface area contributed by atoms with Crippen molar-refractivity contribution in [3.8, 4) is 0 Å². The quantitative estimate of drug-likeness (QED) is 0.800. The molecule has 134 valence electrons. The van der Waals surface area contributed by atoms with Gasteiger partial charge < -0.3 is 4.74 Å². The van der Waals surface area contributed by atoms with E-state index in [4.69, 9.17) is 4.74 Å². The van der Waals surface area contributed by atoms with Crippen molar-refractivity contribution in [2.24, 2.45) is 13.0 Å². The van der Waals surface area contributed by atoms with Crippen LogP contribution in [-0.2, 0) is 18.3 Å². The highest BCUT2D eigenvalue weighted by atomic mass is 16.5. The molecule has 5 nitrogen and oxygen atoms in total. The molecule has 3 heterocycles. The average Bonchev–Trinajstić information content (AvgIpc) is 3.23. The number of rotatable bonds is 6. The van der Waals surface area contributed by atoms with E-state index in [9.17, 15) is 0 Å². The molecule has 3 aliphatic rings. The minimum Gasteiger partial charge on any atom is -0.383 e. The second-order valence-electron chi connectivity index (χ2n) is 8.27. The summed E-state index contributed by atoms with van der Waals surface area (Å²) in [6.45, 7) is 5.71. The van der Waals surface area contributed by atoms with E-state index in [0.717, 1.165) is 19.1 Å². The third kappa shape index (κ3) is 3.39. The van der Waals surface area contributed by atoms with Crippen molar-refractivity contribution >= 4 is 0 Å². The zero-order valence-electron chi connectivity index (χ0n) is 15.3. The van der Waals surface area contributed by atoms with Gasteiger partial charge in [0.05, 0.1) is 12.8 Å². The molecule has 0 amide bonds. The van der Waals surface area contributed by atoms with E-state index < -0.39 is 0 Å². The van der Waals surface area contributed by atoms with E-state index in [1.54, 1.807) is 0 Å². The Morgan fingerprint density at radius 1 is 1.21 bits per heavy atom. The zero-order chi connectivity index (χ0) is 16.6. The summed E-state index contributed by atoms with van der Waals surface area (Å²) < 4.78 is 7.44. The standard InChI is InChI=1S/C19H32N4O/c1-21-12-17(11-20-21)13-22-9-7-19(8-10-22)6-5-18(15-24-2)23(19)14-16-3-4-16/h11-12,16,18H,3-10,13-15H2,1-2H3/t18-/m1/s1. The van der Waals surface area contributed by atoms with Crippen molar-refractivity contribution in [2.45, 2.75) is 56.7 Å². The van der Waals surface area contributed by atoms with E-state index in [-0.39, 0.29) is 0 Å². The van der Waals surface area contributed by atoms with Crippen LogP contribution in [-0.4, -0.2) is 64.5 Å². The van der Waals surface area contributed by atoms with Crippen molar-refractivity contribution in [3.63, 3.8) is 0 Å². The Bertz CT molecular complexity index is 545. The summed E-state index contributed by atoms with van der Waals surface area (Å²) in [6, 6.07) is 0.653. The predicted octanol–water partition coefficient (Wildman–Crippen LogP) is 2.28. The number of ether oxygens (including phenoxy) is 1. The van der Waals surface area contributed by atoms with Gasteiger partial charge in [0.1, 0.15) is 0 Å². The molecule has 1 aromatic rings. The summed E-state index contributed by atoms with van der Waals surface area (Å²) in [4.78, 5) is 5.48. The Kier molecular flexibility index (Phi) is 4.67. The fourth-order valence-corrected chi connectivity index (χ4v) is 4.89. The topological polar surface area (TPSA) is 33.5 Å². The molecule has 2 aliphatic heterocycles. The number of aromatic nitrogens is 2. The summed E-state index contributed by atoms with van der Waals surface area (Å²) >= 11 is 0. The van der Waals surface area contributed by atoms with Gasteiger partial charge in [-0.1, -0.05) is 0 Å². The van der Waals surface area contributed by atoms with E-state index in [1.165, 1.54) is 63.7 Å². The van der Waals surface area contributed by atoms with Gasteiger partial charge in [-0.2, -0.15) is 5.10 Å². The van der Waals surface area contributed by atoms with Crippen molar-refractivity contribution in [2.75, 3.05) is 33.4 Å². The first-order chi connectivity index (χ1) is 11.7. The summed E-state index contributed by atoms with van der Waals surface area (Å²) in [5, 5.41) is 4.30. The maximum absolute atomic E-state index is 5.53. The van der Waals surface area contributed by atoms with Crippen molar-refractivity contribution in [1.29, 1.82) is 0 Å². The Balaban J connectivity index is 1.38. The van der Waals surface area contributed by atoms with Crippen LogP contribution in [0.25, 0.3) is 0 Å². The highest BCUT2D eigenvalue weighted by Gasteiger charge is 2.48. The van der Waals surface area contributed by atoms with Crippen molar-refractivity contribution in [1.82, 2.24) is 19.6 Å². The first-order valence-electron chi connectivity index (χ1n) is 9.64. The lowest BCUT2D eigenvalue weighted by atomic mass is 9.84. The van der Waals surface area contributed by atoms with Gasteiger partial charge in [0.2, 0.25) is 0 Å². The maximum atomic E-state index is 5.53. The lowest BCUT2D eigenvalue weighted by Gasteiger charge is -2.47. The molecule has 1 atom stereocenters. The first-order valence-corrected chi connectivity index (χ1v) is 9.64. The average molecular weight is 332 g/mol. The Morgan fingerprint density at radius 2 is 2.00 bits per heavy atom. The maximum Gasteiger partial charge on any atom is 0.0618 e. The molecule has 3 fully saturated rings. The van der Waals surface area contributed by atoms with E-state index in [2.05, 4.69) is 21.1 Å².